The van der Waals surface area contributed by atoms with Gasteiger partial charge in [0.1, 0.15) is 11.6 Å². The van der Waals surface area contributed by atoms with Crippen LogP contribution in [0.4, 0.5) is 4.79 Å². The van der Waals surface area contributed by atoms with E-state index in [1.807, 2.05) is 27.7 Å². The summed E-state index contributed by atoms with van der Waals surface area (Å²) in [6.45, 7) is 13.1. The van der Waals surface area contributed by atoms with Crippen molar-refractivity contribution in [3.63, 3.8) is 0 Å². The second-order valence-electron chi connectivity index (χ2n) is 11.3. The largest absolute Gasteiger partial charge is 0.493 e. The quantitative estimate of drug-likeness (QED) is 0.235. The fraction of sp³-hybridized carbons (Fsp3) is 0.500. The summed E-state index contributed by atoms with van der Waals surface area (Å²) in [6, 6.07) is 5.91. The Balaban J connectivity index is 0.00000330. The van der Waals surface area contributed by atoms with Crippen LogP contribution in [-0.4, -0.2) is 57.9 Å². The Bertz CT molecular complexity index is 1360. The van der Waals surface area contributed by atoms with E-state index in [4.69, 9.17) is 28.4 Å². The van der Waals surface area contributed by atoms with Gasteiger partial charge in [0, 0.05) is 12.0 Å². The molecule has 1 aliphatic carbocycles. The minimum Gasteiger partial charge on any atom is -0.493 e. The molecule has 2 aromatic carbocycles. The number of carbonyl (C=O) groups is 3. The molecule has 0 saturated carbocycles. The summed E-state index contributed by atoms with van der Waals surface area (Å²) in [5, 5.41) is 2.63. The Morgan fingerprint density at radius 3 is 2.05 bits per heavy atom. The van der Waals surface area contributed by atoms with Crippen LogP contribution in [0.2, 0.25) is 0 Å². The van der Waals surface area contributed by atoms with Crippen LogP contribution in [0.15, 0.2) is 30.3 Å². The Morgan fingerprint density at radius 2 is 1.50 bits per heavy atom. The molecule has 1 N–H and O–H groups in total. The van der Waals surface area contributed by atoms with Gasteiger partial charge in [-0.1, -0.05) is 33.8 Å². The first-order chi connectivity index (χ1) is 20.8. The fourth-order valence-corrected chi connectivity index (χ4v) is 4.74. The maximum Gasteiger partial charge on any atom is 0.408 e. The summed E-state index contributed by atoms with van der Waals surface area (Å²) in [5.41, 5.74) is 1.98. The van der Waals surface area contributed by atoms with Crippen molar-refractivity contribution in [3.05, 3.63) is 47.0 Å². The van der Waals surface area contributed by atoms with Crippen molar-refractivity contribution in [1.82, 2.24) is 5.32 Å². The van der Waals surface area contributed by atoms with Gasteiger partial charge in [0.05, 0.1) is 28.4 Å². The molecule has 0 spiro atoms. The van der Waals surface area contributed by atoms with Crippen LogP contribution in [0.5, 0.6) is 28.7 Å². The van der Waals surface area contributed by atoms with E-state index in [1.54, 1.807) is 51.1 Å². The molecule has 10 heteroatoms. The van der Waals surface area contributed by atoms with Crippen molar-refractivity contribution in [3.8, 4) is 28.7 Å². The highest BCUT2D eigenvalue weighted by Gasteiger charge is 2.29. The Hall–Kier alpha value is -4.21. The summed E-state index contributed by atoms with van der Waals surface area (Å²) < 4.78 is 33.5. The molecule has 1 atom stereocenters. The molecule has 0 radical (unpaired) electrons. The minimum atomic E-state index is -0.964. The van der Waals surface area contributed by atoms with Crippen LogP contribution in [-0.2, 0) is 20.7 Å². The van der Waals surface area contributed by atoms with Gasteiger partial charge in [0.2, 0.25) is 5.75 Å². The third-order valence-corrected chi connectivity index (χ3v) is 6.52. The number of hydrogen-bond acceptors (Lipinski definition) is 9. The van der Waals surface area contributed by atoms with E-state index in [2.05, 4.69) is 5.32 Å². The molecule has 44 heavy (non-hydrogen) atoms. The van der Waals surface area contributed by atoms with Gasteiger partial charge in [-0.2, -0.15) is 0 Å². The maximum atomic E-state index is 13.4. The lowest BCUT2D eigenvalue weighted by molar-refractivity contribution is -0.137. The number of methoxy groups -OCH3 is 4. The van der Waals surface area contributed by atoms with Gasteiger partial charge in [-0.05, 0) is 80.5 Å². The average molecular weight is 614 g/mol. The first-order valence-corrected chi connectivity index (χ1v) is 14.8. The molecule has 10 nitrogen and oxygen atoms in total. The number of amides is 1. The number of rotatable bonds is 10. The summed E-state index contributed by atoms with van der Waals surface area (Å²) in [6.07, 6.45) is 1.88. The topological polar surface area (TPSA) is 119 Å². The van der Waals surface area contributed by atoms with Crippen LogP contribution in [0.3, 0.4) is 0 Å². The second-order valence-corrected chi connectivity index (χ2v) is 11.3. The standard InChI is InChI=1S/C32H41NO9.C2H6/c1-18(2)14-24(33-31(36)42-32(3,4)5)30(35)41-26-15-19(10-13-25(26)37-6)22-16-20(34)11-12-21-23(22)17-27(38-7)29(40-9)28(21)39-8;1-2/h10,13,15-18,24H,11-12,14H2,1-9H3,(H,33,36);1-2H3/t24-;/m0./s1. The first kappa shape index (κ1) is 36.0. The Morgan fingerprint density at radius 1 is 0.864 bits per heavy atom. The van der Waals surface area contributed by atoms with Crippen molar-refractivity contribution >= 4 is 23.4 Å². The number of allylic oxidation sites excluding steroid dienone is 1. The van der Waals surface area contributed by atoms with E-state index in [9.17, 15) is 14.4 Å². The number of ketones is 1. The molecular weight excluding hydrogens is 566 g/mol. The molecule has 0 aromatic heterocycles. The number of benzene rings is 2. The molecule has 0 bridgehead atoms. The highest BCUT2D eigenvalue weighted by Crippen LogP contribution is 2.47. The van der Waals surface area contributed by atoms with E-state index in [-0.39, 0.29) is 23.9 Å². The summed E-state index contributed by atoms with van der Waals surface area (Å²) in [4.78, 5) is 38.8. The summed E-state index contributed by atoms with van der Waals surface area (Å²) in [7, 11) is 6.05. The molecule has 0 heterocycles. The van der Waals surface area contributed by atoms with E-state index < -0.39 is 23.7 Å². The number of alkyl carbamates (subject to hydrolysis) is 1. The number of fused-ring (bicyclic) bond motifs is 1. The molecular formula is C34H47NO9. The minimum absolute atomic E-state index is 0.0749. The third-order valence-electron chi connectivity index (χ3n) is 6.52. The van der Waals surface area contributed by atoms with E-state index in [0.717, 1.165) is 11.1 Å². The number of esters is 1. The van der Waals surface area contributed by atoms with Crippen LogP contribution in [0, 0.1) is 5.92 Å². The number of hydrogen-bond donors (Lipinski definition) is 1. The molecule has 0 saturated heterocycles. The zero-order valence-corrected chi connectivity index (χ0v) is 27.8. The van der Waals surface area contributed by atoms with Gasteiger partial charge in [0.25, 0.3) is 0 Å². The zero-order valence-electron chi connectivity index (χ0n) is 27.8. The van der Waals surface area contributed by atoms with E-state index in [1.165, 1.54) is 28.4 Å². The normalized spacial score (nSPS) is 13.3. The molecule has 0 unspecified atom stereocenters. The highest BCUT2D eigenvalue weighted by molar-refractivity contribution is 6.03. The second kappa shape index (κ2) is 16.0. The van der Waals surface area contributed by atoms with Gasteiger partial charge >= 0.3 is 12.1 Å². The van der Waals surface area contributed by atoms with E-state index >= 15 is 0 Å². The monoisotopic (exact) mass is 613 g/mol. The van der Waals surface area contributed by atoms with Crippen LogP contribution >= 0.6 is 0 Å². The fourth-order valence-electron chi connectivity index (χ4n) is 4.74. The van der Waals surface area contributed by atoms with Gasteiger partial charge in [-0.3, -0.25) is 4.79 Å². The lowest BCUT2D eigenvalue weighted by atomic mass is 9.92. The van der Waals surface area contributed by atoms with Crippen molar-refractivity contribution in [2.45, 2.75) is 79.4 Å². The van der Waals surface area contributed by atoms with Crippen LogP contribution < -0.4 is 29.0 Å². The first-order valence-electron chi connectivity index (χ1n) is 14.8. The highest BCUT2D eigenvalue weighted by atomic mass is 16.6. The SMILES string of the molecule is CC.COc1ccc(C2=CC(=O)CCc3c2cc(OC)c(OC)c3OC)cc1OC(=O)[C@H](CC(C)C)NC(=O)OC(C)(C)C. The smallest absolute Gasteiger partial charge is 0.408 e. The van der Waals surface area contributed by atoms with Crippen LogP contribution in [0.25, 0.3) is 5.57 Å². The van der Waals surface area contributed by atoms with Crippen molar-refractivity contribution in [2.24, 2.45) is 5.92 Å². The average Bonchev–Trinajstić information content (AvgIpc) is 3.13. The van der Waals surface area contributed by atoms with Gasteiger partial charge in [0.15, 0.2) is 28.8 Å². The van der Waals surface area contributed by atoms with Gasteiger partial charge in [-0.15, -0.1) is 0 Å². The molecule has 242 valence electrons. The maximum absolute atomic E-state index is 13.4. The number of nitrogens with one attached hydrogen (secondary N) is 1. The lowest BCUT2D eigenvalue weighted by Gasteiger charge is -2.24. The van der Waals surface area contributed by atoms with Gasteiger partial charge in [-0.25, -0.2) is 9.59 Å². The lowest BCUT2D eigenvalue weighted by Crippen LogP contribution is -2.45. The predicted octanol–water partition coefficient (Wildman–Crippen LogP) is 6.54. The molecule has 1 aliphatic rings. The zero-order chi connectivity index (χ0) is 33.2. The van der Waals surface area contributed by atoms with E-state index in [0.29, 0.717) is 47.0 Å². The molecule has 0 aliphatic heterocycles. The van der Waals surface area contributed by atoms with Crippen LogP contribution in [0.1, 0.15) is 78.0 Å². The van der Waals surface area contributed by atoms with Crippen molar-refractivity contribution < 1.29 is 42.8 Å². The predicted molar refractivity (Wildman–Crippen MR) is 169 cm³/mol. The number of ether oxygens (including phenoxy) is 6. The van der Waals surface area contributed by atoms with Gasteiger partial charge < -0.3 is 33.7 Å². The molecule has 2 aromatic rings. The third kappa shape index (κ3) is 9.14. The van der Waals surface area contributed by atoms with Crippen molar-refractivity contribution in [2.75, 3.05) is 28.4 Å². The summed E-state index contributed by atoms with van der Waals surface area (Å²) in [5.74, 6) is 1.12. The molecule has 0 fully saturated rings. The molecule has 1 amide bonds. The Labute approximate surface area is 261 Å². The summed E-state index contributed by atoms with van der Waals surface area (Å²) >= 11 is 0. The molecule has 3 rings (SSSR count). The number of carbonyl (C=O) groups excluding carboxylic acids is 3. The van der Waals surface area contributed by atoms with Crippen molar-refractivity contribution in [1.29, 1.82) is 0 Å². The Kier molecular flexibility index (Phi) is 13.1.